The molecule has 0 aliphatic carbocycles. The Morgan fingerprint density at radius 3 is 2.00 bits per heavy atom. The zero-order chi connectivity index (χ0) is 11.5. The minimum atomic E-state index is 0.979. The van der Waals surface area contributed by atoms with Gasteiger partial charge in [-0.2, -0.15) is 0 Å². The molecule has 0 aromatic heterocycles. The highest BCUT2D eigenvalue weighted by Crippen LogP contribution is 2.16. The van der Waals surface area contributed by atoms with Crippen LogP contribution in [0.15, 0.2) is 0 Å². The smallest absolute Gasteiger partial charge is 0.00162 e. The fourth-order valence-corrected chi connectivity index (χ4v) is 1.87. The maximum absolute atomic E-state index is 2.63. The molecule has 92 valence electrons. The second-order valence-electron chi connectivity index (χ2n) is 4.94. The maximum atomic E-state index is 2.63. The third-order valence-corrected chi connectivity index (χ3v) is 2.95. The van der Waals surface area contributed by atoms with E-state index < -0.39 is 0 Å². The van der Waals surface area contributed by atoms with Gasteiger partial charge in [0.05, 0.1) is 0 Å². The van der Waals surface area contributed by atoms with E-state index >= 15 is 0 Å². The van der Waals surface area contributed by atoms with Crippen LogP contribution in [0.1, 0.15) is 66.2 Å². The molecule has 1 rings (SSSR count). The molecule has 0 N–H and O–H groups in total. The molecule has 15 heavy (non-hydrogen) atoms. The van der Waals surface area contributed by atoms with Gasteiger partial charge in [0.2, 0.25) is 0 Å². The minimum Gasteiger partial charge on any atom is -0.303 e. The van der Waals surface area contributed by atoms with Gasteiger partial charge in [0.25, 0.3) is 0 Å². The molecule has 1 fully saturated rings. The SMILES string of the molecule is CCC.CCCCCN1CCC(C)CC1. The molecule has 0 radical (unpaired) electrons. The first-order valence-corrected chi connectivity index (χ1v) is 6.96. The van der Waals surface area contributed by atoms with Crippen LogP contribution < -0.4 is 0 Å². The second-order valence-corrected chi connectivity index (χ2v) is 4.94. The van der Waals surface area contributed by atoms with Gasteiger partial charge < -0.3 is 4.90 Å². The molecular weight excluding hydrogens is 182 g/mol. The highest BCUT2D eigenvalue weighted by Gasteiger charge is 2.14. The van der Waals surface area contributed by atoms with Gasteiger partial charge in [0.15, 0.2) is 0 Å². The Balaban J connectivity index is 0.000000583. The summed E-state index contributed by atoms with van der Waals surface area (Å²) in [5.41, 5.74) is 0. The van der Waals surface area contributed by atoms with E-state index in [1.54, 1.807) is 0 Å². The van der Waals surface area contributed by atoms with E-state index in [-0.39, 0.29) is 0 Å². The van der Waals surface area contributed by atoms with Crippen LogP contribution >= 0.6 is 0 Å². The maximum Gasteiger partial charge on any atom is -0.00162 e. The average molecular weight is 213 g/mol. The number of likely N-dealkylation sites (tertiary alicyclic amines) is 1. The van der Waals surface area contributed by atoms with Crippen molar-refractivity contribution in [1.29, 1.82) is 0 Å². The molecule has 0 atom stereocenters. The van der Waals surface area contributed by atoms with Crippen LogP contribution in [0.2, 0.25) is 0 Å². The minimum absolute atomic E-state index is 0.979. The van der Waals surface area contributed by atoms with Gasteiger partial charge >= 0.3 is 0 Å². The summed E-state index contributed by atoms with van der Waals surface area (Å²) < 4.78 is 0. The summed E-state index contributed by atoms with van der Waals surface area (Å²) in [6.45, 7) is 13.0. The standard InChI is InChI=1S/C11H23N.C3H8/c1-3-4-5-8-12-9-6-11(2)7-10-12;1-3-2/h11H,3-10H2,1-2H3;3H2,1-2H3. The van der Waals surface area contributed by atoms with Gasteiger partial charge in [-0.15, -0.1) is 0 Å². The number of piperidine rings is 1. The Hall–Kier alpha value is -0.0400. The Morgan fingerprint density at radius 2 is 1.53 bits per heavy atom. The molecule has 1 heteroatoms. The molecule has 0 amide bonds. The van der Waals surface area contributed by atoms with Crippen LogP contribution in [-0.4, -0.2) is 24.5 Å². The molecule has 1 saturated heterocycles. The fraction of sp³-hybridized carbons (Fsp3) is 1.00. The Kier molecular flexibility index (Phi) is 10.4. The summed E-state index contributed by atoms with van der Waals surface area (Å²) in [5.74, 6) is 0.979. The van der Waals surface area contributed by atoms with E-state index in [2.05, 4.69) is 32.6 Å². The number of nitrogens with zero attached hydrogens (tertiary/aromatic N) is 1. The molecule has 0 bridgehead atoms. The summed E-state index contributed by atoms with van der Waals surface area (Å²) in [6, 6.07) is 0. The van der Waals surface area contributed by atoms with Crippen molar-refractivity contribution in [3.63, 3.8) is 0 Å². The molecule has 1 aliphatic heterocycles. The second kappa shape index (κ2) is 10.5. The van der Waals surface area contributed by atoms with E-state index in [1.165, 1.54) is 58.2 Å². The monoisotopic (exact) mass is 213 g/mol. The lowest BCUT2D eigenvalue weighted by Crippen LogP contribution is -2.33. The van der Waals surface area contributed by atoms with Gasteiger partial charge in [-0.1, -0.05) is 47.0 Å². The van der Waals surface area contributed by atoms with Crippen molar-refractivity contribution in [2.45, 2.75) is 66.2 Å². The number of unbranched alkanes of at least 4 members (excludes halogenated alkanes) is 2. The molecule has 1 aliphatic rings. The summed E-state index contributed by atoms with van der Waals surface area (Å²) in [4.78, 5) is 2.63. The van der Waals surface area contributed by atoms with Crippen molar-refractivity contribution in [2.75, 3.05) is 19.6 Å². The number of hydrogen-bond acceptors (Lipinski definition) is 1. The van der Waals surface area contributed by atoms with Crippen LogP contribution in [0, 0.1) is 5.92 Å². The lowest BCUT2D eigenvalue weighted by Gasteiger charge is -2.30. The predicted octanol–water partition coefficient (Wildman–Crippen LogP) is 4.32. The molecule has 0 saturated carbocycles. The molecule has 0 aromatic carbocycles. The van der Waals surface area contributed by atoms with Gasteiger partial charge in [-0.3, -0.25) is 0 Å². The van der Waals surface area contributed by atoms with E-state index in [4.69, 9.17) is 0 Å². The van der Waals surface area contributed by atoms with E-state index in [0.717, 1.165) is 5.92 Å². The highest BCUT2D eigenvalue weighted by atomic mass is 15.1. The van der Waals surface area contributed by atoms with Gasteiger partial charge in [-0.05, 0) is 44.8 Å². The summed E-state index contributed by atoms with van der Waals surface area (Å²) >= 11 is 0. The van der Waals surface area contributed by atoms with E-state index in [0.29, 0.717) is 0 Å². The molecule has 0 unspecified atom stereocenters. The molecular formula is C14H31N. The predicted molar refractivity (Wildman–Crippen MR) is 70.3 cm³/mol. The van der Waals surface area contributed by atoms with Crippen molar-refractivity contribution >= 4 is 0 Å². The van der Waals surface area contributed by atoms with Crippen molar-refractivity contribution < 1.29 is 0 Å². The molecule has 0 aromatic rings. The van der Waals surface area contributed by atoms with Crippen molar-refractivity contribution in [3.8, 4) is 0 Å². The summed E-state index contributed by atoms with van der Waals surface area (Å²) in [6.07, 6.45) is 8.26. The van der Waals surface area contributed by atoms with E-state index in [9.17, 15) is 0 Å². The first-order valence-electron chi connectivity index (χ1n) is 6.96. The lowest BCUT2D eigenvalue weighted by molar-refractivity contribution is 0.189. The highest BCUT2D eigenvalue weighted by molar-refractivity contribution is 4.68. The van der Waals surface area contributed by atoms with Crippen LogP contribution in [0.5, 0.6) is 0 Å². The first kappa shape index (κ1) is 15.0. The van der Waals surface area contributed by atoms with Gasteiger partial charge in [0, 0.05) is 0 Å². The van der Waals surface area contributed by atoms with Gasteiger partial charge in [0.1, 0.15) is 0 Å². The summed E-state index contributed by atoms with van der Waals surface area (Å²) in [7, 11) is 0. The Bertz CT molecular complexity index is 115. The molecule has 1 heterocycles. The Morgan fingerprint density at radius 1 is 1.00 bits per heavy atom. The average Bonchev–Trinajstić information content (AvgIpc) is 2.23. The number of rotatable bonds is 4. The van der Waals surface area contributed by atoms with E-state index in [1.807, 2.05) is 0 Å². The third-order valence-electron chi connectivity index (χ3n) is 2.95. The van der Waals surface area contributed by atoms with Crippen molar-refractivity contribution in [3.05, 3.63) is 0 Å². The van der Waals surface area contributed by atoms with Crippen LogP contribution in [0.3, 0.4) is 0 Å². The topological polar surface area (TPSA) is 3.24 Å². The quantitative estimate of drug-likeness (QED) is 0.628. The molecule has 0 spiro atoms. The van der Waals surface area contributed by atoms with Crippen molar-refractivity contribution in [2.24, 2.45) is 5.92 Å². The summed E-state index contributed by atoms with van der Waals surface area (Å²) in [5, 5.41) is 0. The normalized spacial score (nSPS) is 18.4. The van der Waals surface area contributed by atoms with Crippen LogP contribution in [-0.2, 0) is 0 Å². The zero-order valence-electron chi connectivity index (χ0n) is 11.4. The zero-order valence-corrected chi connectivity index (χ0v) is 11.4. The fourth-order valence-electron chi connectivity index (χ4n) is 1.87. The number of hydrogen-bond donors (Lipinski definition) is 0. The lowest BCUT2D eigenvalue weighted by atomic mass is 9.99. The Labute approximate surface area is 97.2 Å². The van der Waals surface area contributed by atoms with Crippen LogP contribution in [0.4, 0.5) is 0 Å². The van der Waals surface area contributed by atoms with Crippen LogP contribution in [0.25, 0.3) is 0 Å². The first-order chi connectivity index (χ1) is 7.24. The third kappa shape index (κ3) is 8.92. The largest absolute Gasteiger partial charge is 0.303 e. The van der Waals surface area contributed by atoms with Gasteiger partial charge in [-0.25, -0.2) is 0 Å². The van der Waals surface area contributed by atoms with Crippen molar-refractivity contribution in [1.82, 2.24) is 4.90 Å². The molecule has 1 nitrogen and oxygen atoms in total.